The third-order valence-corrected chi connectivity index (χ3v) is 6.51. The summed E-state index contributed by atoms with van der Waals surface area (Å²) in [5.74, 6) is 1.02. The minimum atomic E-state index is -0.205. The maximum absolute atomic E-state index is 5.07. The van der Waals surface area contributed by atoms with Gasteiger partial charge in [-0.3, -0.25) is 8.97 Å². The molecule has 0 saturated carbocycles. The van der Waals surface area contributed by atoms with E-state index in [1.54, 1.807) is 0 Å². The van der Waals surface area contributed by atoms with Crippen LogP contribution in [-0.2, 0) is 12.6 Å². The summed E-state index contributed by atoms with van der Waals surface area (Å²) >= 11 is 0. The molecule has 0 atom stereocenters. The Hall–Kier alpha value is -3.14. The Morgan fingerprint density at radius 3 is 2.54 bits per heavy atom. The monoisotopic (exact) mass is 367 g/mol. The summed E-state index contributed by atoms with van der Waals surface area (Å²) < 4.78 is 7.07. The molecule has 4 heteroatoms. The lowest BCUT2D eigenvalue weighted by Crippen LogP contribution is -2.41. The smallest absolute Gasteiger partial charge is 0.220 e. The fraction of sp³-hybridized carbons (Fsp3) is 0.250. The standard InChI is InChI=1S/C24H23N4/c1-14-10-11-18-21-19(14)22-20(15(2)12-13-26(22)5)24(3,4)28(21)23-25-16-8-6-7-9-17(16)27(18)23/h6-13H,1-5H3/q+1. The van der Waals surface area contributed by atoms with Crippen molar-refractivity contribution in [2.24, 2.45) is 7.05 Å². The second-order valence-corrected chi connectivity index (χ2v) is 8.59. The molecule has 138 valence electrons. The summed E-state index contributed by atoms with van der Waals surface area (Å²) in [7, 11) is 2.16. The zero-order valence-electron chi connectivity index (χ0n) is 16.9. The number of fused-ring (bicyclic) bond motifs is 7. The zero-order chi connectivity index (χ0) is 19.4. The molecule has 0 N–H and O–H groups in total. The Morgan fingerprint density at radius 1 is 0.929 bits per heavy atom. The molecule has 0 bridgehead atoms. The molecule has 6 rings (SSSR count). The van der Waals surface area contributed by atoms with E-state index in [4.69, 9.17) is 4.98 Å². The number of pyridine rings is 1. The first-order chi connectivity index (χ1) is 13.4. The minimum absolute atomic E-state index is 0.205. The molecule has 4 heterocycles. The quantitative estimate of drug-likeness (QED) is 0.366. The first-order valence-corrected chi connectivity index (χ1v) is 9.83. The van der Waals surface area contributed by atoms with E-state index >= 15 is 0 Å². The van der Waals surface area contributed by atoms with Gasteiger partial charge in [-0.15, -0.1) is 0 Å². The predicted molar refractivity (Wildman–Crippen MR) is 113 cm³/mol. The molecule has 2 aromatic carbocycles. The van der Waals surface area contributed by atoms with Gasteiger partial charge < -0.3 is 0 Å². The van der Waals surface area contributed by atoms with Gasteiger partial charge in [0, 0.05) is 6.07 Å². The normalized spacial score (nSPS) is 14.9. The van der Waals surface area contributed by atoms with Gasteiger partial charge in [0.15, 0.2) is 6.20 Å². The van der Waals surface area contributed by atoms with E-state index < -0.39 is 0 Å². The number of rotatable bonds is 0. The molecule has 0 spiro atoms. The van der Waals surface area contributed by atoms with Crippen LogP contribution in [0.3, 0.4) is 0 Å². The van der Waals surface area contributed by atoms with Crippen LogP contribution < -0.4 is 4.57 Å². The number of imidazole rings is 2. The van der Waals surface area contributed by atoms with Crippen LogP contribution in [0.15, 0.2) is 48.7 Å². The fourth-order valence-corrected chi connectivity index (χ4v) is 5.35. The molecule has 0 unspecified atom stereocenters. The number of para-hydroxylation sites is 2. The number of hydrogen-bond donors (Lipinski definition) is 0. The van der Waals surface area contributed by atoms with Crippen molar-refractivity contribution >= 4 is 27.8 Å². The van der Waals surface area contributed by atoms with Crippen molar-refractivity contribution in [1.29, 1.82) is 0 Å². The summed E-state index contributed by atoms with van der Waals surface area (Å²) in [5, 5.41) is 0. The first kappa shape index (κ1) is 15.9. The molecule has 28 heavy (non-hydrogen) atoms. The van der Waals surface area contributed by atoms with Gasteiger partial charge in [0.1, 0.15) is 7.05 Å². The molecular weight excluding hydrogens is 344 g/mol. The van der Waals surface area contributed by atoms with Crippen molar-refractivity contribution in [3.8, 4) is 11.3 Å². The Morgan fingerprint density at radius 2 is 1.71 bits per heavy atom. The molecule has 5 aromatic rings. The van der Waals surface area contributed by atoms with Gasteiger partial charge in [-0.25, -0.2) is 9.55 Å². The van der Waals surface area contributed by atoms with Gasteiger partial charge in [-0.05, 0) is 57.0 Å². The number of hydrogen-bond acceptors (Lipinski definition) is 1. The maximum atomic E-state index is 5.07. The van der Waals surface area contributed by atoms with E-state index in [1.807, 2.05) is 0 Å². The highest BCUT2D eigenvalue weighted by atomic mass is 15.2. The largest absolute Gasteiger partial charge is 0.299 e. The van der Waals surface area contributed by atoms with Crippen molar-refractivity contribution in [2.75, 3.05) is 0 Å². The molecule has 0 amide bonds. The van der Waals surface area contributed by atoms with E-state index in [0.717, 1.165) is 11.3 Å². The van der Waals surface area contributed by atoms with E-state index in [0.29, 0.717) is 0 Å². The van der Waals surface area contributed by atoms with Crippen molar-refractivity contribution < 1.29 is 4.57 Å². The summed E-state index contributed by atoms with van der Waals surface area (Å²) in [4.78, 5) is 5.07. The van der Waals surface area contributed by atoms with Crippen molar-refractivity contribution in [3.05, 3.63) is 65.4 Å². The van der Waals surface area contributed by atoms with Crippen LogP contribution in [0.2, 0.25) is 0 Å². The predicted octanol–water partition coefficient (Wildman–Crippen LogP) is 4.65. The lowest BCUT2D eigenvalue weighted by molar-refractivity contribution is -0.661. The minimum Gasteiger partial charge on any atom is -0.299 e. The van der Waals surface area contributed by atoms with Gasteiger partial charge in [-0.1, -0.05) is 18.2 Å². The number of nitrogens with zero attached hydrogens (tertiary/aromatic N) is 4. The molecule has 1 aliphatic heterocycles. The molecule has 3 aromatic heterocycles. The van der Waals surface area contributed by atoms with Crippen LogP contribution in [0.4, 0.5) is 0 Å². The van der Waals surface area contributed by atoms with Gasteiger partial charge in [-0.2, -0.15) is 0 Å². The molecule has 1 aliphatic rings. The Bertz CT molecular complexity index is 1460. The van der Waals surface area contributed by atoms with Crippen LogP contribution in [0.1, 0.15) is 30.5 Å². The summed E-state index contributed by atoms with van der Waals surface area (Å²) in [5.41, 5.74) is 11.2. The summed E-state index contributed by atoms with van der Waals surface area (Å²) in [6.07, 6.45) is 2.18. The van der Waals surface area contributed by atoms with Gasteiger partial charge >= 0.3 is 0 Å². The second kappa shape index (κ2) is 4.82. The molecule has 0 aliphatic carbocycles. The first-order valence-electron chi connectivity index (χ1n) is 9.83. The highest BCUT2D eigenvalue weighted by Gasteiger charge is 2.42. The lowest BCUT2D eigenvalue weighted by atomic mass is 9.82. The zero-order valence-corrected chi connectivity index (χ0v) is 16.9. The summed E-state index contributed by atoms with van der Waals surface area (Å²) in [6, 6.07) is 15.2. The van der Waals surface area contributed by atoms with Crippen LogP contribution in [0, 0.1) is 13.8 Å². The molecule has 0 fully saturated rings. The van der Waals surface area contributed by atoms with Crippen molar-refractivity contribution in [1.82, 2.24) is 14.0 Å². The van der Waals surface area contributed by atoms with Crippen molar-refractivity contribution in [3.63, 3.8) is 0 Å². The molecular formula is C24H23N4+. The number of aryl methyl sites for hydroxylation is 3. The van der Waals surface area contributed by atoms with Gasteiger partial charge in [0.2, 0.25) is 11.5 Å². The highest BCUT2D eigenvalue weighted by Crippen LogP contribution is 2.47. The second-order valence-electron chi connectivity index (χ2n) is 8.59. The SMILES string of the molecule is Cc1cc[n+](C)c2c1C(C)(C)n1c3c-2c(C)ccc3n2c3ccccc3nc12. The average Bonchev–Trinajstić information content (AvgIpc) is 3.18. The highest BCUT2D eigenvalue weighted by molar-refractivity contribution is 6.01. The summed E-state index contributed by atoms with van der Waals surface area (Å²) in [6.45, 7) is 9.09. The number of aromatic nitrogens is 4. The fourth-order valence-electron chi connectivity index (χ4n) is 5.35. The van der Waals surface area contributed by atoms with Gasteiger partial charge in [0.05, 0.1) is 38.7 Å². The molecule has 0 saturated heterocycles. The van der Waals surface area contributed by atoms with E-state index in [9.17, 15) is 0 Å². The maximum Gasteiger partial charge on any atom is 0.220 e. The van der Waals surface area contributed by atoms with Crippen molar-refractivity contribution in [2.45, 2.75) is 33.2 Å². The van der Waals surface area contributed by atoms with Crippen LogP contribution in [0.25, 0.3) is 39.1 Å². The third kappa shape index (κ3) is 1.63. The average molecular weight is 367 g/mol. The Kier molecular flexibility index (Phi) is 2.73. The molecule has 4 nitrogen and oxygen atoms in total. The number of benzene rings is 2. The third-order valence-electron chi connectivity index (χ3n) is 6.51. The van der Waals surface area contributed by atoms with Crippen LogP contribution in [-0.4, -0.2) is 14.0 Å². The Labute approximate surface area is 163 Å². The van der Waals surface area contributed by atoms with E-state index in [2.05, 4.69) is 96.9 Å². The van der Waals surface area contributed by atoms with Gasteiger partial charge in [0.25, 0.3) is 0 Å². The molecule has 0 radical (unpaired) electrons. The topological polar surface area (TPSA) is 26.1 Å². The van der Waals surface area contributed by atoms with Crippen LogP contribution in [0.5, 0.6) is 0 Å². The van der Waals surface area contributed by atoms with Crippen LogP contribution >= 0.6 is 0 Å². The lowest BCUT2D eigenvalue weighted by Gasteiger charge is -2.34. The van der Waals surface area contributed by atoms with E-state index in [1.165, 1.54) is 44.5 Å². The Balaban J connectivity index is 1.97. The van der Waals surface area contributed by atoms with E-state index in [-0.39, 0.29) is 5.54 Å².